The first-order valence-corrected chi connectivity index (χ1v) is 5.60. The van der Waals surface area contributed by atoms with Crippen LogP contribution in [0, 0.1) is 0 Å². The summed E-state index contributed by atoms with van der Waals surface area (Å²) in [6, 6.07) is 9.10. The van der Waals surface area contributed by atoms with Crippen molar-refractivity contribution in [2.24, 2.45) is 0 Å². The minimum absolute atomic E-state index is 0.238. The monoisotopic (exact) mass is 280 g/mol. The maximum Gasteiger partial charge on any atom is 0.470 e. The Labute approximate surface area is 110 Å². The Hall–Kier alpha value is -2.57. The van der Waals surface area contributed by atoms with Crippen LogP contribution in [0.4, 0.5) is 13.2 Å². The lowest BCUT2D eigenvalue weighted by molar-refractivity contribution is -0.157. The van der Waals surface area contributed by atoms with E-state index in [-0.39, 0.29) is 5.89 Å². The average molecular weight is 280 g/mol. The molecule has 20 heavy (non-hydrogen) atoms. The first-order valence-electron chi connectivity index (χ1n) is 5.60. The largest absolute Gasteiger partial charge is 0.470 e. The van der Waals surface area contributed by atoms with Crippen LogP contribution in [0.2, 0.25) is 0 Å². The number of nitrogens with zero attached hydrogens (tertiary/aromatic N) is 2. The number of hydrogen-bond donors (Lipinski definition) is 0. The first-order chi connectivity index (χ1) is 9.52. The summed E-state index contributed by atoms with van der Waals surface area (Å²) >= 11 is 0. The van der Waals surface area contributed by atoms with Gasteiger partial charge in [-0.1, -0.05) is 18.2 Å². The molecule has 0 aliphatic carbocycles. The second kappa shape index (κ2) is 4.52. The van der Waals surface area contributed by atoms with Gasteiger partial charge in [0.1, 0.15) is 11.3 Å². The SMILES string of the molecule is FC(F)(F)c1nnc(C=Cc2cc3ccccc3o2)o1. The highest BCUT2D eigenvalue weighted by Gasteiger charge is 2.37. The van der Waals surface area contributed by atoms with Crippen molar-refractivity contribution in [3.05, 3.63) is 47.9 Å². The van der Waals surface area contributed by atoms with Gasteiger partial charge in [-0.2, -0.15) is 13.2 Å². The number of para-hydroxylation sites is 1. The molecule has 7 heteroatoms. The van der Waals surface area contributed by atoms with Gasteiger partial charge in [0.2, 0.25) is 5.89 Å². The highest BCUT2D eigenvalue weighted by Crippen LogP contribution is 2.28. The summed E-state index contributed by atoms with van der Waals surface area (Å²) in [5, 5.41) is 7.10. The van der Waals surface area contributed by atoms with Crippen LogP contribution < -0.4 is 0 Å². The molecule has 3 aromatic rings. The van der Waals surface area contributed by atoms with E-state index in [9.17, 15) is 13.2 Å². The molecular formula is C13H7F3N2O2. The molecule has 2 aromatic heterocycles. The summed E-state index contributed by atoms with van der Waals surface area (Å²) in [7, 11) is 0. The third-order valence-electron chi connectivity index (χ3n) is 2.52. The van der Waals surface area contributed by atoms with Crippen LogP contribution in [0.25, 0.3) is 23.1 Å². The Morgan fingerprint density at radius 3 is 2.50 bits per heavy atom. The zero-order valence-corrected chi connectivity index (χ0v) is 9.89. The molecule has 0 amide bonds. The van der Waals surface area contributed by atoms with Crippen molar-refractivity contribution in [3.63, 3.8) is 0 Å². The van der Waals surface area contributed by atoms with Crippen molar-refractivity contribution >= 4 is 23.1 Å². The van der Waals surface area contributed by atoms with Crippen LogP contribution in [0.5, 0.6) is 0 Å². The van der Waals surface area contributed by atoms with Crippen LogP contribution in [-0.4, -0.2) is 10.2 Å². The fourth-order valence-corrected chi connectivity index (χ4v) is 1.65. The predicted molar refractivity (Wildman–Crippen MR) is 64.4 cm³/mol. The maximum atomic E-state index is 12.3. The lowest BCUT2D eigenvalue weighted by atomic mass is 10.2. The van der Waals surface area contributed by atoms with E-state index >= 15 is 0 Å². The van der Waals surface area contributed by atoms with Gasteiger partial charge in [-0.05, 0) is 18.2 Å². The summed E-state index contributed by atoms with van der Waals surface area (Å²) < 4.78 is 46.7. The molecule has 0 aliphatic rings. The zero-order valence-electron chi connectivity index (χ0n) is 9.89. The number of alkyl halides is 3. The number of hydrogen-bond acceptors (Lipinski definition) is 4. The summed E-state index contributed by atoms with van der Waals surface area (Å²) in [5.41, 5.74) is 0.689. The van der Waals surface area contributed by atoms with Gasteiger partial charge in [0, 0.05) is 11.5 Å². The first kappa shape index (κ1) is 12.5. The quantitative estimate of drug-likeness (QED) is 0.711. The molecule has 0 unspecified atom stereocenters. The normalized spacial score (nSPS) is 12.6. The fraction of sp³-hybridized carbons (Fsp3) is 0.0769. The molecule has 0 bridgehead atoms. The van der Waals surface area contributed by atoms with Crippen molar-refractivity contribution in [3.8, 4) is 0 Å². The van der Waals surface area contributed by atoms with E-state index in [0.29, 0.717) is 11.3 Å². The van der Waals surface area contributed by atoms with E-state index < -0.39 is 12.1 Å². The van der Waals surface area contributed by atoms with Gasteiger partial charge in [-0.3, -0.25) is 0 Å². The van der Waals surface area contributed by atoms with Crippen molar-refractivity contribution in [1.29, 1.82) is 0 Å². The van der Waals surface area contributed by atoms with Crippen molar-refractivity contribution in [2.75, 3.05) is 0 Å². The molecule has 4 nitrogen and oxygen atoms in total. The van der Waals surface area contributed by atoms with Gasteiger partial charge >= 0.3 is 12.1 Å². The summed E-state index contributed by atoms with van der Waals surface area (Å²) in [6.07, 6.45) is -1.91. The Balaban J connectivity index is 1.85. The van der Waals surface area contributed by atoms with Crippen molar-refractivity contribution in [2.45, 2.75) is 6.18 Å². The summed E-state index contributed by atoms with van der Waals surface area (Å²) in [4.78, 5) is 0. The maximum absolute atomic E-state index is 12.3. The molecule has 0 saturated heterocycles. The molecule has 0 atom stereocenters. The van der Waals surface area contributed by atoms with E-state index in [4.69, 9.17) is 4.42 Å². The molecule has 0 aliphatic heterocycles. The van der Waals surface area contributed by atoms with Gasteiger partial charge in [0.25, 0.3) is 0 Å². The van der Waals surface area contributed by atoms with E-state index in [2.05, 4.69) is 14.6 Å². The topological polar surface area (TPSA) is 52.1 Å². The molecule has 0 N–H and O–H groups in total. The number of benzene rings is 1. The summed E-state index contributed by atoms with van der Waals surface area (Å²) in [6.45, 7) is 0. The Bertz CT molecular complexity index is 738. The molecule has 0 radical (unpaired) electrons. The van der Waals surface area contributed by atoms with Crippen LogP contribution >= 0.6 is 0 Å². The minimum Gasteiger partial charge on any atom is -0.457 e. The van der Waals surface area contributed by atoms with Gasteiger partial charge < -0.3 is 8.83 Å². The molecule has 1 aromatic carbocycles. The molecule has 3 rings (SSSR count). The Kier molecular flexibility index (Phi) is 2.81. The molecule has 0 spiro atoms. The number of furan rings is 1. The standard InChI is InChI=1S/C13H7F3N2O2/c14-13(15,16)12-18-17-11(20-12)6-5-9-7-8-3-1-2-4-10(8)19-9/h1-7H. The van der Waals surface area contributed by atoms with Crippen LogP contribution in [-0.2, 0) is 6.18 Å². The van der Waals surface area contributed by atoms with Gasteiger partial charge in [-0.15, -0.1) is 10.2 Å². The van der Waals surface area contributed by atoms with Crippen LogP contribution in [0.3, 0.4) is 0 Å². The second-order valence-corrected chi connectivity index (χ2v) is 3.96. The van der Waals surface area contributed by atoms with Gasteiger partial charge in [0.15, 0.2) is 0 Å². The predicted octanol–water partition coefficient (Wildman–Crippen LogP) is 4.01. The lowest BCUT2D eigenvalue weighted by Crippen LogP contribution is -2.04. The molecule has 2 heterocycles. The zero-order chi connectivity index (χ0) is 14.2. The second-order valence-electron chi connectivity index (χ2n) is 3.96. The highest BCUT2D eigenvalue weighted by atomic mass is 19.4. The van der Waals surface area contributed by atoms with Gasteiger partial charge in [0.05, 0.1) is 0 Å². The van der Waals surface area contributed by atoms with E-state index in [1.807, 2.05) is 18.2 Å². The van der Waals surface area contributed by atoms with E-state index in [1.165, 1.54) is 12.2 Å². The number of aromatic nitrogens is 2. The summed E-state index contributed by atoms with van der Waals surface area (Å²) in [5.74, 6) is -1.13. The number of halogens is 3. The Morgan fingerprint density at radius 2 is 1.80 bits per heavy atom. The average Bonchev–Trinajstić information content (AvgIpc) is 3.02. The smallest absolute Gasteiger partial charge is 0.457 e. The molecular weight excluding hydrogens is 273 g/mol. The Morgan fingerprint density at radius 1 is 1.00 bits per heavy atom. The number of rotatable bonds is 2. The van der Waals surface area contributed by atoms with Crippen molar-refractivity contribution in [1.82, 2.24) is 10.2 Å². The molecule has 102 valence electrons. The minimum atomic E-state index is -4.64. The van der Waals surface area contributed by atoms with E-state index in [1.54, 1.807) is 12.1 Å². The fourth-order valence-electron chi connectivity index (χ4n) is 1.65. The highest BCUT2D eigenvalue weighted by molar-refractivity contribution is 5.81. The van der Waals surface area contributed by atoms with Gasteiger partial charge in [-0.25, -0.2) is 0 Å². The lowest BCUT2D eigenvalue weighted by Gasteiger charge is -1.96. The number of fused-ring (bicyclic) bond motifs is 1. The van der Waals surface area contributed by atoms with Crippen molar-refractivity contribution < 1.29 is 22.0 Å². The van der Waals surface area contributed by atoms with Crippen LogP contribution in [0.1, 0.15) is 17.5 Å². The van der Waals surface area contributed by atoms with E-state index in [0.717, 1.165) is 5.39 Å². The van der Waals surface area contributed by atoms with Crippen LogP contribution in [0.15, 0.2) is 39.2 Å². The molecule has 0 saturated carbocycles. The molecule has 0 fully saturated rings. The third kappa shape index (κ3) is 2.42. The third-order valence-corrected chi connectivity index (χ3v) is 2.52.